The molecule has 2 aromatic rings. The third-order valence-corrected chi connectivity index (χ3v) is 3.71. The fourth-order valence-corrected chi connectivity index (χ4v) is 2.67. The van der Waals surface area contributed by atoms with Crippen molar-refractivity contribution >= 4 is 29.2 Å². The molecule has 3 amide bonds. The van der Waals surface area contributed by atoms with Crippen LogP contribution in [-0.4, -0.2) is 29.4 Å². The van der Waals surface area contributed by atoms with Gasteiger partial charge in [-0.05, 0) is 18.2 Å². The molecule has 9 heteroatoms. The number of amides is 3. The molecule has 0 aliphatic carbocycles. The van der Waals surface area contributed by atoms with Gasteiger partial charge in [0.25, 0.3) is 17.4 Å². The fraction of sp³-hybridized carbons (Fsp3) is 0.125. The lowest BCUT2D eigenvalue weighted by molar-refractivity contribution is -0.114. The molecule has 0 saturated carbocycles. The second kappa shape index (κ2) is 5.78. The van der Waals surface area contributed by atoms with Crippen molar-refractivity contribution < 1.29 is 19.1 Å². The van der Waals surface area contributed by atoms with Crippen LogP contribution in [0.25, 0.3) is 5.69 Å². The molecule has 2 heterocycles. The number of rotatable bonds is 3. The van der Waals surface area contributed by atoms with Gasteiger partial charge in [0.05, 0.1) is 29.6 Å². The Bertz CT molecular complexity index is 993. The van der Waals surface area contributed by atoms with Crippen molar-refractivity contribution in [2.75, 3.05) is 18.2 Å². The van der Waals surface area contributed by atoms with Crippen LogP contribution in [0.3, 0.4) is 0 Å². The standard InChI is InChI=1S/C16H14N4O5/c1-7(21)18-10-5-8(3-4-11(10)25-2)20-12(22)6-9-13(14(20)17)16(24)19-15(9)23/h3-6H,17H2,1-2H3,(H,18,21)(H,19,23,24). The zero-order valence-corrected chi connectivity index (χ0v) is 13.4. The molecule has 4 N–H and O–H groups in total. The summed E-state index contributed by atoms with van der Waals surface area (Å²) in [6.07, 6.45) is 0. The van der Waals surface area contributed by atoms with Crippen LogP contribution in [0.2, 0.25) is 0 Å². The number of carbonyl (C=O) groups is 3. The number of nitrogen functional groups attached to an aromatic ring is 1. The van der Waals surface area contributed by atoms with E-state index in [0.29, 0.717) is 17.1 Å². The smallest absolute Gasteiger partial charge is 0.262 e. The largest absolute Gasteiger partial charge is 0.495 e. The molecule has 0 saturated heterocycles. The molecule has 1 aliphatic heterocycles. The first kappa shape index (κ1) is 16.2. The Morgan fingerprint density at radius 3 is 2.56 bits per heavy atom. The number of carbonyl (C=O) groups excluding carboxylic acids is 3. The quantitative estimate of drug-likeness (QED) is 0.686. The van der Waals surface area contributed by atoms with E-state index in [-0.39, 0.29) is 22.9 Å². The monoisotopic (exact) mass is 342 g/mol. The van der Waals surface area contributed by atoms with Crippen molar-refractivity contribution in [3.8, 4) is 11.4 Å². The van der Waals surface area contributed by atoms with E-state index in [2.05, 4.69) is 10.6 Å². The Morgan fingerprint density at radius 1 is 1.20 bits per heavy atom. The molecule has 0 unspecified atom stereocenters. The number of fused-ring (bicyclic) bond motifs is 1. The third kappa shape index (κ3) is 2.61. The maximum absolute atomic E-state index is 12.4. The highest BCUT2D eigenvalue weighted by Crippen LogP contribution is 2.29. The molecule has 1 aromatic heterocycles. The summed E-state index contributed by atoms with van der Waals surface area (Å²) in [6, 6.07) is 5.63. The van der Waals surface area contributed by atoms with E-state index in [1.165, 1.54) is 20.1 Å². The first-order valence-electron chi connectivity index (χ1n) is 7.20. The minimum absolute atomic E-state index is 0.0542. The first-order chi connectivity index (χ1) is 11.8. The van der Waals surface area contributed by atoms with Gasteiger partial charge in [-0.2, -0.15) is 0 Å². The SMILES string of the molecule is COc1ccc(-n2c(N)c3c(cc2=O)C(=O)NC3=O)cc1NC(C)=O. The summed E-state index contributed by atoms with van der Waals surface area (Å²) < 4.78 is 6.25. The molecule has 1 aliphatic rings. The molecule has 9 nitrogen and oxygen atoms in total. The van der Waals surface area contributed by atoms with Gasteiger partial charge in [-0.15, -0.1) is 0 Å². The Morgan fingerprint density at radius 2 is 1.92 bits per heavy atom. The van der Waals surface area contributed by atoms with Gasteiger partial charge in [0, 0.05) is 13.0 Å². The van der Waals surface area contributed by atoms with Crippen molar-refractivity contribution in [2.45, 2.75) is 6.92 Å². The number of pyridine rings is 1. The van der Waals surface area contributed by atoms with E-state index in [0.717, 1.165) is 10.6 Å². The Hall–Kier alpha value is -3.62. The molecular weight excluding hydrogens is 328 g/mol. The van der Waals surface area contributed by atoms with Gasteiger partial charge in [0.2, 0.25) is 5.91 Å². The zero-order chi connectivity index (χ0) is 18.3. The van der Waals surface area contributed by atoms with Gasteiger partial charge < -0.3 is 15.8 Å². The number of imide groups is 1. The normalized spacial score (nSPS) is 12.6. The maximum Gasteiger partial charge on any atom is 0.262 e. The molecule has 1 aromatic carbocycles. The maximum atomic E-state index is 12.4. The molecule has 25 heavy (non-hydrogen) atoms. The van der Waals surface area contributed by atoms with E-state index in [9.17, 15) is 19.2 Å². The number of hydrogen-bond donors (Lipinski definition) is 3. The average Bonchev–Trinajstić information content (AvgIpc) is 2.81. The lowest BCUT2D eigenvalue weighted by atomic mass is 10.1. The summed E-state index contributed by atoms with van der Waals surface area (Å²) in [4.78, 5) is 47.3. The van der Waals surface area contributed by atoms with Crippen LogP contribution in [0.15, 0.2) is 29.1 Å². The van der Waals surface area contributed by atoms with E-state index in [1.807, 2.05) is 0 Å². The van der Waals surface area contributed by atoms with E-state index >= 15 is 0 Å². The second-order valence-electron chi connectivity index (χ2n) is 5.34. The molecule has 0 spiro atoms. The van der Waals surface area contributed by atoms with Crippen LogP contribution in [-0.2, 0) is 4.79 Å². The lowest BCUT2D eigenvalue weighted by Gasteiger charge is -2.15. The molecule has 0 bridgehead atoms. The van der Waals surface area contributed by atoms with Crippen LogP contribution in [0.4, 0.5) is 11.5 Å². The van der Waals surface area contributed by atoms with Crippen molar-refractivity contribution in [1.29, 1.82) is 0 Å². The van der Waals surface area contributed by atoms with Crippen LogP contribution in [0, 0.1) is 0 Å². The number of methoxy groups -OCH3 is 1. The van der Waals surface area contributed by atoms with Gasteiger partial charge in [0.1, 0.15) is 11.6 Å². The van der Waals surface area contributed by atoms with Crippen molar-refractivity contribution in [2.24, 2.45) is 0 Å². The predicted octanol–water partition coefficient (Wildman–Crippen LogP) is 0.270. The number of ether oxygens (including phenoxy) is 1. The van der Waals surface area contributed by atoms with Crippen LogP contribution in [0.5, 0.6) is 5.75 Å². The molecule has 3 rings (SSSR count). The zero-order valence-electron chi connectivity index (χ0n) is 13.4. The minimum atomic E-state index is -0.665. The number of anilines is 2. The Labute approximate surface area is 141 Å². The second-order valence-corrected chi connectivity index (χ2v) is 5.34. The Kier molecular flexibility index (Phi) is 3.76. The lowest BCUT2D eigenvalue weighted by Crippen LogP contribution is -2.24. The van der Waals surface area contributed by atoms with E-state index in [4.69, 9.17) is 10.5 Å². The summed E-state index contributed by atoms with van der Waals surface area (Å²) >= 11 is 0. The summed E-state index contributed by atoms with van der Waals surface area (Å²) in [5.41, 5.74) is 5.92. The van der Waals surface area contributed by atoms with E-state index in [1.54, 1.807) is 12.1 Å². The van der Waals surface area contributed by atoms with Crippen molar-refractivity contribution in [1.82, 2.24) is 9.88 Å². The van der Waals surface area contributed by atoms with Crippen LogP contribution >= 0.6 is 0 Å². The summed E-state index contributed by atoms with van der Waals surface area (Å²) in [5, 5.41) is 4.69. The first-order valence-corrected chi connectivity index (χ1v) is 7.20. The van der Waals surface area contributed by atoms with Crippen molar-refractivity contribution in [3.05, 3.63) is 45.7 Å². The fourth-order valence-electron chi connectivity index (χ4n) is 2.67. The average molecular weight is 342 g/mol. The highest BCUT2D eigenvalue weighted by atomic mass is 16.5. The van der Waals surface area contributed by atoms with Gasteiger partial charge >= 0.3 is 0 Å². The minimum Gasteiger partial charge on any atom is -0.495 e. The predicted molar refractivity (Wildman–Crippen MR) is 89.1 cm³/mol. The number of benzene rings is 1. The number of nitrogens with zero attached hydrogens (tertiary/aromatic N) is 1. The summed E-state index contributed by atoms with van der Waals surface area (Å²) in [7, 11) is 1.44. The highest BCUT2D eigenvalue weighted by Gasteiger charge is 2.31. The highest BCUT2D eigenvalue weighted by molar-refractivity contribution is 6.23. The number of hydrogen-bond acceptors (Lipinski definition) is 6. The molecule has 0 radical (unpaired) electrons. The number of nitrogens with one attached hydrogen (secondary N) is 2. The van der Waals surface area contributed by atoms with Crippen LogP contribution < -0.4 is 26.7 Å². The van der Waals surface area contributed by atoms with Crippen LogP contribution in [0.1, 0.15) is 27.6 Å². The van der Waals surface area contributed by atoms with Gasteiger partial charge in [-0.25, -0.2) is 0 Å². The van der Waals surface area contributed by atoms with Gasteiger partial charge in [0.15, 0.2) is 0 Å². The van der Waals surface area contributed by atoms with Crippen molar-refractivity contribution in [3.63, 3.8) is 0 Å². The van der Waals surface area contributed by atoms with Gasteiger partial charge in [-0.3, -0.25) is 29.1 Å². The molecule has 128 valence electrons. The molecular formula is C16H14N4O5. The van der Waals surface area contributed by atoms with E-state index < -0.39 is 17.4 Å². The summed E-state index contributed by atoms with van der Waals surface area (Å²) in [5.74, 6) is -1.43. The molecule has 0 atom stereocenters. The Balaban J connectivity index is 2.23. The summed E-state index contributed by atoms with van der Waals surface area (Å²) in [6.45, 7) is 1.33. The third-order valence-electron chi connectivity index (χ3n) is 3.71. The number of nitrogens with two attached hydrogens (primary N) is 1. The topological polar surface area (TPSA) is 133 Å². The number of aromatic nitrogens is 1. The van der Waals surface area contributed by atoms with Gasteiger partial charge in [-0.1, -0.05) is 0 Å². The molecule has 0 fully saturated rings.